The van der Waals surface area contributed by atoms with Crippen LogP contribution in [0.25, 0.3) is 0 Å². The van der Waals surface area contributed by atoms with Crippen LogP contribution in [0, 0.1) is 0 Å². The molecule has 246 valence electrons. The predicted octanol–water partition coefficient (Wildman–Crippen LogP) is 4.97. The van der Waals surface area contributed by atoms with E-state index < -0.39 is 58.7 Å². The number of alkyl halides is 6. The fraction of sp³-hybridized carbons (Fsp3) is 0.394. The average molecular weight is 649 g/mol. The lowest BCUT2D eigenvalue weighted by molar-refractivity contribution is -0.143. The van der Waals surface area contributed by atoms with Crippen LogP contribution < -0.4 is 11.1 Å². The van der Waals surface area contributed by atoms with Gasteiger partial charge in [0.05, 0.1) is 17.7 Å². The molecule has 0 saturated carbocycles. The third kappa shape index (κ3) is 6.68. The van der Waals surface area contributed by atoms with Gasteiger partial charge < -0.3 is 16.2 Å². The molecule has 0 aliphatic carbocycles. The Bertz CT molecular complexity index is 1510. The standard InChI is InChI=1S/C33H34F6N4O3/c34-32(35,36)24-16-22(17-25(18-24)33(37,38)39)29(46)30-31(28(45)19-40,23-6-8-27(44)9-7-23)43(15-12-41-30)26-10-13-42(14-11-26)20-21-4-2-1-3-5-21/h1-9,16-18,26,30,41,44H,10-15,19-20,40H2. The molecule has 46 heavy (non-hydrogen) atoms. The van der Waals surface area contributed by atoms with E-state index in [2.05, 4.69) is 10.2 Å². The van der Waals surface area contributed by atoms with Crippen molar-refractivity contribution < 1.29 is 41.0 Å². The molecule has 2 fully saturated rings. The Morgan fingerprint density at radius 2 is 1.46 bits per heavy atom. The summed E-state index contributed by atoms with van der Waals surface area (Å²) < 4.78 is 82.5. The van der Waals surface area contributed by atoms with Crippen molar-refractivity contribution in [1.82, 2.24) is 15.1 Å². The highest BCUT2D eigenvalue weighted by molar-refractivity contribution is 6.07. The minimum atomic E-state index is -5.17. The third-order valence-electron chi connectivity index (χ3n) is 8.87. The van der Waals surface area contributed by atoms with Crippen LogP contribution in [-0.4, -0.2) is 71.3 Å². The minimum absolute atomic E-state index is 0.0428. The van der Waals surface area contributed by atoms with Gasteiger partial charge in [0.2, 0.25) is 0 Å². The first-order chi connectivity index (χ1) is 21.7. The molecule has 0 amide bonds. The van der Waals surface area contributed by atoms with Crippen LogP contribution in [-0.2, 0) is 29.2 Å². The van der Waals surface area contributed by atoms with Gasteiger partial charge in [0.25, 0.3) is 0 Å². The van der Waals surface area contributed by atoms with Crippen LogP contribution in [0.4, 0.5) is 26.3 Å². The fourth-order valence-electron chi connectivity index (χ4n) is 6.75. The van der Waals surface area contributed by atoms with Crippen LogP contribution >= 0.6 is 0 Å². The zero-order valence-corrected chi connectivity index (χ0v) is 24.7. The van der Waals surface area contributed by atoms with Crippen molar-refractivity contribution in [3.63, 3.8) is 0 Å². The van der Waals surface area contributed by atoms with E-state index in [-0.39, 0.29) is 36.5 Å². The minimum Gasteiger partial charge on any atom is -0.508 e. The number of benzene rings is 3. The summed E-state index contributed by atoms with van der Waals surface area (Å²) in [6.07, 6.45) is -9.19. The first-order valence-electron chi connectivity index (χ1n) is 14.9. The van der Waals surface area contributed by atoms with Crippen LogP contribution in [0.15, 0.2) is 72.8 Å². The number of aromatic hydroxyl groups is 1. The first-order valence-corrected chi connectivity index (χ1v) is 14.9. The number of phenolic OH excluding ortho intramolecular Hbond substituents is 1. The van der Waals surface area contributed by atoms with Gasteiger partial charge in [-0.3, -0.25) is 19.4 Å². The van der Waals surface area contributed by atoms with E-state index in [9.17, 15) is 41.0 Å². The molecule has 0 bridgehead atoms. The Labute approximate surface area is 262 Å². The number of carbonyl (C=O) groups excluding carboxylic acids is 2. The lowest BCUT2D eigenvalue weighted by Gasteiger charge is -2.55. The van der Waals surface area contributed by atoms with Gasteiger partial charge >= 0.3 is 12.4 Å². The second kappa shape index (κ2) is 13.1. The molecule has 2 saturated heterocycles. The number of piperazine rings is 1. The SMILES string of the molecule is NCC(=O)C1(c2ccc(O)cc2)C(C(=O)c2cc(C(F)(F)F)cc(C(F)(F)F)c2)NCCN1C1CCN(Cc2ccccc2)CC1. The maximum Gasteiger partial charge on any atom is 0.416 e. The smallest absolute Gasteiger partial charge is 0.416 e. The Hall–Kier alpha value is -3.78. The number of hydrogen-bond acceptors (Lipinski definition) is 7. The van der Waals surface area contributed by atoms with E-state index in [1.807, 2.05) is 35.2 Å². The molecule has 3 aromatic rings. The molecule has 0 spiro atoms. The zero-order chi connectivity index (χ0) is 33.3. The van der Waals surface area contributed by atoms with Crippen molar-refractivity contribution >= 4 is 11.6 Å². The number of rotatable bonds is 8. The molecule has 7 nitrogen and oxygen atoms in total. The highest BCUT2D eigenvalue weighted by Crippen LogP contribution is 2.42. The summed E-state index contributed by atoms with van der Waals surface area (Å²) in [7, 11) is 0. The maximum absolute atomic E-state index is 14.2. The largest absolute Gasteiger partial charge is 0.508 e. The second-order valence-electron chi connectivity index (χ2n) is 11.7. The summed E-state index contributed by atoms with van der Waals surface area (Å²) in [5.74, 6) is -1.89. The molecule has 0 aromatic heterocycles. The van der Waals surface area contributed by atoms with Gasteiger partial charge in [-0.05, 0) is 67.4 Å². The number of phenols is 1. The van der Waals surface area contributed by atoms with Gasteiger partial charge in [0.1, 0.15) is 17.3 Å². The molecule has 0 radical (unpaired) electrons. The fourth-order valence-corrected chi connectivity index (χ4v) is 6.75. The van der Waals surface area contributed by atoms with Crippen molar-refractivity contribution in [3.05, 3.63) is 101 Å². The highest BCUT2D eigenvalue weighted by Gasteiger charge is 2.57. The molecule has 2 unspecified atom stereocenters. The number of likely N-dealkylation sites (tertiary alicyclic amines) is 1. The number of piperidine rings is 1. The second-order valence-corrected chi connectivity index (χ2v) is 11.7. The Kier molecular flexibility index (Phi) is 9.60. The molecule has 5 rings (SSSR count). The van der Waals surface area contributed by atoms with Crippen molar-refractivity contribution in [3.8, 4) is 5.75 Å². The summed E-state index contributed by atoms with van der Waals surface area (Å²) in [4.78, 5) is 32.5. The quantitative estimate of drug-likeness (QED) is 0.234. The summed E-state index contributed by atoms with van der Waals surface area (Å²) in [6, 6.07) is 14.2. The molecular weight excluding hydrogens is 614 g/mol. The molecule has 2 atom stereocenters. The van der Waals surface area contributed by atoms with E-state index in [4.69, 9.17) is 5.73 Å². The van der Waals surface area contributed by atoms with Crippen molar-refractivity contribution in [1.29, 1.82) is 0 Å². The van der Waals surface area contributed by atoms with Crippen LogP contribution in [0.1, 0.15) is 45.5 Å². The highest BCUT2D eigenvalue weighted by atomic mass is 19.4. The number of ketones is 2. The van der Waals surface area contributed by atoms with Gasteiger partial charge in [-0.25, -0.2) is 0 Å². The number of carbonyl (C=O) groups is 2. The molecule has 2 aliphatic heterocycles. The van der Waals surface area contributed by atoms with E-state index in [0.717, 1.165) is 5.56 Å². The van der Waals surface area contributed by atoms with Crippen molar-refractivity contribution in [2.24, 2.45) is 5.73 Å². The van der Waals surface area contributed by atoms with Crippen molar-refractivity contribution in [2.75, 3.05) is 32.7 Å². The molecule has 2 heterocycles. The molecule has 13 heteroatoms. The Morgan fingerprint density at radius 1 is 0.870 bits per heavy atom. The van der Waals surface area contributed by atoms with Gasteiger partial charge in [0, 0.05) is 31.2 Å². The van der Waals surface area contributed by atoms with E-state index in [0.29, 0.717) is 44.6 Å². The van der Waals surface area contributed by atoms with Gasteiger partial charge in [-0.2, -0.15) is 26.3 Å². The number of nitrogens with one attached hydrogen (secondary N) is 1. The van der Waals surface area contributed by atoms with Crippen LogP contribution in [0.5, 0.6) is 5.75 Å². The average Bonchev–Trinajstić information content (AvgIpc) is 3.04. The number of hydrogen-bond donors (Lipinski definition) is 3. The number of nitrogens with zero attached hydrogens (tertiary/aromatic N) is 2. The first kappa shape index (κ1) is 33.6. The Balaban J connectivity index is 1.58. The zero-order valence-electron chi connectivity index (χ0n) is 24.7. The lowest BCUT2D eigenvalue weighted by Crippen LogP contribution is -2.74. The Morgan fingerprint density at radius 3 is 2.00 bits per heavy atom. The van der Waals surface area contributed by atoms with E-state index in [1.165, 1.54) is 24.3 Å². The molecule has 3 aromatic carbocycles. The van der Waals surface area contributed by atoms with Crippen LogP contribution in [0.2, 0.25) is 0 Å². The maximum atomic E-state index is 14.2. The number of halogens is 6. The predicted molar refractivity (Wildman–Crippen MR) is 158 cm³/mol. The third-order valence-corrected chi connectivity index (χ3v) is 8.87. The van der Waals surface area contributed by atoms with Gasteiger partial charge in [-0.15, -0.1) is 0 Å². The summed E-state index contributed by atoms with van der Waals surface area (Å²) in [5.41, 5.74) is 1.31. The normalized spacial score (nSPS) is 22.1. The molecule has 2 aliphatic rings. The monoisotopic (exact) mass is 648 g/mol. The van der Waals surface area contributed by atoms with Gasteiger partial charge in [-0.1, -0.05) is 42.5 Å². The topological polar surface area (TPSA) is 98.9 Å². The molecule has 4 N–H and O–H groups in total. The van der Waals surface area contributed by atoms with Gasteiger partial charge in [0.15, 0.2) is 11.6 Å². The number of nitrogens with two attached hydrogens (primary N) is 1. The summed E-state index contributed by atoms with van der Waals surface area (Å²) in [5, 5.41) is 13.0. The van der Waals surface area contributed by atoms with Crippen LogP contribution in [0.3, 0.4) is 0 Å². The van der Waals surface area contributed by atoms with E-state index in [1.54, 1.807) is 0 Å². The summed E-state index contributed by atoms with van der Waals surface area (Å²) >= 11 is 0. The lowest BCUT2D eigenvalue weighted by atomic mass is 9.71. The van der Waals surface area contributed by atoms with E-state index >= 15 is 0 Å². The molecular formula is C33H34F6N4O3. The number of Topliss-reactive ketones (excluding diaryl/α,β-unsaturated/α-hetero) is 2. The van der Waals surface area contributed by atoms with Crippen molar-refractivity contribution in [2.45, 2.75) is 49.4 Å². The summed E-state index contributed by atoms with van der Waals surface area (Å²) in [6.45, 7) is 1.81.